The molecular weight excluding hydrogens is 228 g/mol. The van der Waals surface area contributed by atoms with Gasteiger partial charge in [0.15, 0.2) is 0 Å². The molecule has 0 aliphatic rings. The van der Waals surface area contributed by atoms with Crippen LogP contribution in [-0.2, 0) is 23.5 Å². The Balaban J connectivity index is 3.69. The Hall–Kier alpha value is -1.14. The van der Waals surface area contributed by atoms with Crippen LogP contribution >= 0.6 is 0 Å². The van der Waals surface area contributed by atoms with Crippen molar-refractivity contribution < 1.29 is 23.5 Å². The maximum Gasteiger partial charge on any atom is 0.331 e. The highest BCUT2D eigenvalue weighted by Gasteiger charge is 2.03. The third kappa shape index (κ3) is 9.41. The van der Waals surface area contributed by atoms with Crippen LogP contribution in [0.3, 0.4) is 0 Å². The lowest BCUT2D eigenvalue weighted by molar-refractivity contribution is -0.139. The second kappa shape index (κ2) is 9.11. The van der Waals surface area contributed by atoms with E-state index in [0.29, 0.717) is 13.2 Å². The van der Waals surface area contributed by atoms with Gasteiger partial charge in [-0.1, -0.05) is 0 Å². The fourth-order valence-corrected chi connectivity index (χ4v) is 1.34. The Kier molecular flexibility index (Phi) is 8.46. The highest BCUT2D eigenvalue weighted by atomic mass is 28.3. The van der Waals surface area contributed by atoms with Crippen molar-refractivity contribution in [2.45, 2.75) is 20.0 Å². The monoisotopic (exact) mass is 246 g/mol. The van der Waals surface area contributed by atoms with Gasteiger partial charge in [-0.25, -0.2) is 9.59 Å². The molecule has 5 nitrogen and oxygen atoms in total. The maximum atomic E-state index is 11.0. The highest BCUT2D eigenvalue weighted by Crippen LogP contribution is 1.89. The van der Waals surface area contributed by atoms with E-state index in [4.69, 9.17) is 13.9 Å². The normalized spacial score (nSPS) is 10.8. The molecule has 0 radical (unpaired) electrons. The summed E-state index contributed by atoms with van der Waals surface area (Å²) in [5.41, 5.74) is 0. The van der Waals surface area contributed by atoms with Crippen LogP contribution in [0.4, 0.5) is 0 Å². The number of ether oxygens (including phenoxy) is 2. The summed E-state index contributed by atoms with van der Waals surface area (Å²) in [5, 5.41) is 0. The van der Waals surface area contributed by atoms with Gasteiger partial charge in [-0.05, 0) is 20.0 Å². The van der Waals surface area contributed by atoms with Gasteiger partial charge in [0.25, 0.3) is 0 Å². The molecule has 92 valence electrons. The topological polar surface area (TPSA) is 61.8 Å². The van der Waals surface area contributed by atoms with Crippen molar-refractivity contribution in [2.24, 2.45) is 0 Å². The molecule has 0 aromatic heterocycles. The van der Waals surface area contributed by atoms with E-state index in [1.165, 1.54) is 0 Å². The van der Waals surface area contributed by atoms with E-state index in [-0.39, 0.29) is 6.61 Å². The Labute approximate surface area is 97.1 Å². The molecule has 6 heteroatoms. The first kappa shape index (κ1) is 14.9. The van der Waals surface area contributed by atoms with Crippen molar-refractivity contribution in [1.29, 1.82) is 0 Å². The first-order valence-corrected chi connectivity index (χ1v) is 7.97. The van der Waals surface area contributed by atoms with E-state index in [9.17, 15) is 9.59 Å². The zero-order chi connectivity index (χ0) is 12.4. The molecule has 0 aliphatic carbocycles. The molecule has 0 saturated carbocycles. The number of rotatable bonds is 7. The van der Waals surface area contributed by atoms with Crippen LogP contribution in [0.5, 0.6) is 0 Å². The molecule has 0 aromatic rings. The first-order valence-electron chi connectivity index (χ1n) is 5.19. The van der Waals surface area contributed by atoms with Gasteiger partial charge in [0.05, 0.1) is 6.61 Å². The second-order valence-corrected chi connectivity index (χ2v) is 5.52. The number of carbonyl (C=O) groups excluding carboxylic acids is 2. The lowest BCUT2D eigenvalue weighted by atomic mass is 10.5. The van der Waals surface area contributed by atoms with Crippen LogP contribution in [0.15, 0.2) is 12.2 Å². The van der Waals surface area contributed by atoms with Gasteiger partial charge >= 0.3 is 11.9 Å². The largest absolute Gasteiger partial charge is 0.519 e. The molecule has 0 heterocycles. The summed E-state index contributed by atoms with van der Waals surface area (Å²) in [4.78, 5) is 22.1. The van der Waals surface area contributed by atoms with Crippen LogP contribution in [0, 0.1) is 0 Å². The van der Waals surface area contributed by atoms with Crippen LogP contribution in [0.25, 0.3) is 0 Å². The van der Waals surface area contributed by atoms with Gasteiger partial charge in [-0.15, -0.1) is 0 Å². The average Bonchev–Trinajstić information content (AvgIpc) is 2.20. The zero-order valence-corrected chi connectivity index (χ0v) is 11.0. The minimum atomic E-state index is -1.40. The van der Waals surface area contributed by atoms with Crippen LogP contribution in [0.1, 0.15) is 6.92 Å². The number of carbonyl (C=O) groups is 2. The predicted octanol–water partition coefficient (Wildman–Crippen LogP) is 0.649. The van der Waals surface area contributed by atoms with Gasteiger partial charge in [0.1, 0.15) is 6.61 Å². The summed E-state index contributed by atoms with van der Waals surface area (Å²) in [7, 11) is -1.40. The quantitative estimate of drug-likeness (QED) is 0.286. The first-order chi connectivity index (χ1) is 7.56. The van der Waals surface area contributed by atoms with E-state index >= 15 is 0 Å². The summed E-state index contributed by atoms with van der Waals surface area (Å²) < 4.78 is 14.7. The summed E-state index contributed by atoms with van der Waals surface area (Å²) in [6.45, 7) is 6.72. The molecule has 16 heavy (non-hydrogen) atoms. The minimum absolute atomic E-state index is 0.186. The number of hydrogen-bond acceptors (Lipinski definition) is 5. The van der Waals surface area contributed by atoms with Gasteiger partial charge in [-0.2, -0.15) is 0 Å². The number of esters is 1. The van der Waals surface area contributed by atoms with E-state index in [1.54, 1.807) is 0 Å². The molecule has 0 amide bonds. The molecular formula is C10H18O5Si. The molecule has 0 N–H and O–H groups in total. The molecule has 0 aromatic carbocycles. The lowest BCUT2D eigenvalue weighted by Gasteiger charge is -2.03. The van der Waals surface area contributed by atoms with Crippen LogP contribution in [-0.4, -0.2) is 40.8 Å². The molecule has 0 spiro atoms. The SMILES string of the molecule is CCOCCOC(=O)/C=C\C(=O)O[SiH](C)C. The van der Waals surface area contributed by atoms with E-state index in [1.807, 2.05) is 20.0 Å². The van der Waals surface area contributed by atoms with Crippen LogP contribution < -0.4 is 0 Å². The van der Waals surface area contributed by atoms with Crippen molar-refractivity contribution >= 4 is 21.0 Å². The molecule has 0 atom stereocenters. The van der Waals surface area contributed by atoms with Gasteiger partial charge in [0.2, 0.25) is 9.04 Å². The van der Waals surface area contributed by atoms with Gasteiger partial charge in [0, 0.05) is 18.8 Å². The highest BCUT2D eigenvalue weighted by molar-refractivity contribution is 6.50. The Morgan fingerprint density at radius 3 is 2.31 bits per heavy atom. The zero-order valence-electron chi connectivity index (χ0n) is 9.89. The van der Waals surface area contributed by atoms with Crippen molar-refractivity contribution in [3.05, 3.63) is 12.2 Å². The van der Waals surface area contributed by atoms with Gasteiger partial charge in [-0.3, -0.25) is 0 Å². The Bertz CT molecular complexity index is 250. The van der Waals surface area contributed by atoms with Crippen molar-refractivity contribution in [2.75, 3.05) is 19.8 Å². The van der Waals surface area contributed by atoms with E-state index < -0.39 is 21.0 Å². The lowest BCUT2D eigenvalue weighted by Crippen LogP contribution is -2.13. The third-order valence-corrected chi connectivity index (χ3v) is 2.09. The van der Waals surface area contributed by atoms with Crippen molar-refractivity contribution in [1.82, 2.24) is 0 Å². The fourth-order valence-electron chi connectivity index (χ4n) is 0.801. The molecule has 0 aliphatic heterocycles. The third-order valence-electron chi connectivity index (χ3n) is 1.38. The molecule has 0 rings (SSSR count). The second-order valence-electron chi connectivity index (χ2n) is 3.18. The summed E-state index contributed by atoms with van der Waals surface area (Å²) in [6.07, 6.45) is 2.14. The fraction of sp³-hybridized carbons (Fsp3) is 0.600. The summed E-state index contributed by atoms with van der Waals surface area (Å²) in [5.74, 6) is -1.06. The molecule has 0 unspecified atom stereocenters. The molecule has 0 fully saturated rings. The standard InChI is InChI=1S/C10H18O5Si/c1-4-13-7-8-14-9(11)5-6-10(12)15-16(2)3/h5-6,16H,4,7-8H2,1-3H3/b6-5-. The summed E-state index contributed by atoms with van der Waals surface area (Å²) >= 11 is 0. The minimum Gasteiger partial charge on any atom is -0.519 e. The van der Waals surface area contributed by atoms with Gasteiger partial charge < -0.3 is 13.9 Å². The Morgan fingerprint density at radius 2 is 1.75 bits per heavy atom. The predicted molar refractivity (Wildman–Crippen MR) is 61.6 cm³/mol. The van der Waals surface area contributed by atoms with Crippen molar-refractivity contribution in [3.63, 3.8) is 0 Å². The Morgan fingerprint density at radius 1 is 1.12 bits per heavy atom. The average molecular weight is 246 g/mol. The van der Waals surface area contributed by atoms with Crippen LogP contribution in [0.2, 0.25) is 13.1 Å². The van der Waals surface area contributed by atoms with E-state index in [2.05, 4.69) is 0 Å². The van der Waals surface area contributed by atoms with E-state index in [0.717, 1.165) is 12.2 Å². The van der Waals surface area contributed by atoms with Crippen molar-refractivity contribution in [3.8, 4) is 0 Å². The molecule has 0 bridgehead atoms. The number of hydrogen-bond donors (Lipinski definition) is 0. The molecule has 0 saturated heterocycles. The smallest absolute Gasteiger partial charge is 0.331 e. The summed E-state index contributed by atoms with van der Waals surface area (Å²) in [6, 6.07) is 0. The maximum absolute atomic E-state index is 11.0.